The molecule has 0 aromatic heterocycles. The van der Waals surface area contributed by atoms with Crippen molar-refractivity contribution in [3.63, 3.8) is 0 Å². The number of ketones is 1. The van der Waals surface area contributed by atoms with Gasteiger partial charge in [0.2, 0.25) is 5.78 Å². The molecule has 2 aromatic rings. The maximum Gasteiger partial charge on any atom is 0.355 e. The molecule has 0 aliphatic heterocycles. The first-order valence-electron chi connectivity index (χ1n) is 6.80. The van der Waals surface area contributed by atoms with Crippen LogP contribution in [-0.4, -0.2) is 24.5 Å². The van der Waals surface area contributed by atoms with Crippen LogP contribution in [0.4, 0.5) is 0 Å². The average molecular weight is 319 g/mol. The van der Waals surface area contributed by atoms with Crippen LogP contribution >= 0.6 is 11.6 Å². The molecule has 1 unspecified atom stereocenters. The molecule has 0 N–H and O–H groups in total. The van der Waals surface area contributed by atoms with Crippen LogP contribution in [0.25, 0.3) is 0 Å². The number of Topliss-reactive ketones (excluding diaryl/α,β-unsaturated/α-hetero) is 1. The normalized spacial score (nSPS) is 11.5. The van der Waals surface area contributed by atoms with Crippen LogP contribution in [0.3, 0.4) is 0 Å². The molecule has 0 aliphatic rings. The summed E-state index contributed by atoms with van der Waals surface area (Å²) in [6, 6.07) is 14.9. The van der Waals surface area contributed by atoms with Gasteiger partial charge in [0.25, 0.3) is 6.10 Å². The van der Waals surface area contributed by atoms with E-state index in [2.05, 4.69) is 0 Å². The predicted octanol–water partition coefficient (Wildman–Crippen LogP) is 3.53. The van der Waals surface area contributed by atoms with E-state index in [9.17, 15) is 9.59 Å². The Kier molecular flexibility index (Phi) is 5.55. The quantitative estimate of drug-likeness (QED) is 0.464. The van der Waals surface area contributed by atoms with Crippen molar-refractivity contribution >= 4 is 23.4 Å². The van der Waals surface area contributed by atoms with Crippen LogP contribution in [-0.2, 0) is 9.53 Å². The van der Waals surface area contributed by atoms with Gasteiger partial charge in [-0.2, -0.15) is 0 Å². The van der Waals surface area contributed by atoms with E-state index in [1.807, 2.05) is 0 Å². The molecule has 0 aliphatic carbocycles. The third-order valence-corrected chi connectivity index (χ3v) is 3.12. The van der Waals surface area contributed by atoms with Gasteiger partial charge in [0, 0.05) is 10.6 Å². The first-order valence-corrected chi connectivity index (χ1v) is 7.17. The number of hydrogen-bond donors (Lipinski definition) is 0. The van der Waals surface area contributed by atoms with Crippen molar-refractivity contribution in [3.8, 4) is 5.75 Å². The van der Waals surface area contributed by atoms with E-state index < -0.39 is 17.9 Å². The molecule has 0 heterocycles. The zero-order chi connectivity index (χ0) is 15.9. The van der Waals surface area contributed by atoms with Crippen LogP contribution in [0, 0.1) is 0 Å². The van der Waals surface area contributed by atoms with Crippen molar-refractivity contribution in [2.45, 2.75) is 13.0 Å². The Labute approximate surface area is 133 Å². The van der Waals surface area contributed by atoms with Gasteiger partial charge in [0.15, 0.2) is 0 Å². The van der Waals surface area contributed by atoms with E-state index >= 15 is 0 Å². The van der Waals surface area contributed by atoms with Crippen molar-refractivity contribution in [1.82, 2.24) is 0 Å². The van der Waals surface area contributed by atoms with Crippen molar-refractivity contribution in [3.05, 3.63) is 65.2 Å². The molecular weight excluding hydrogens is 304 g/mol. The summed E-state index contributed by atoms with van der Waals surface area (Å²) in [5.74, 6) is -0.799. The Morgan fingerprint density at radius 3 is 2.27 bits per heavy atom. The average Bonchev–Trinajstić information content (AvgIpc) is 2.54. The number of carbonyl (C=O) groups is 2. The fourth-order valence-corrected chi connectivity index (χ4v) is 1.96. The van der Waals surface area contributed by atoms with Gasteiger partial charge in [0.1, 0.15) is 5.75 Å². The predicted molar refractivity (Wildman–Crippen MR) is 83.3 cm³/mol. The van der Waals surface area contributed by atoms with Crippen LogP contribution in [0.15, 0.2) is 54.6 Å². The molecule has 4 nitrogen and oxygen atoms in total. The minimum Gasteiger partial charge on any atom is -0.470 e. The van der Waals surface area contributed by atoms with Gasteiger partial charge in [-0.1, -0.05) is 41.9 Å². The van der Waals surface area contributed by atoms with E-state index in [-0.39, 0.29) is 6.61 Å². The smallest absolute Gasteiger partial charge is 0.355 e. The van der Waals surface area contributed by atoms with Crippen molar-refractivity contribution in [2.75, 3.05) is 6.61 Å². The summed E-state index contributed by atoms with van der Waals surface area (Å²) in [6.45, 7) is 1.84. The molecule has 0 saturated heterocycles. The third-order valence-electron chi connectivity index (χ3n) is 2.86. The molecule has 0 radical (unpaired) electrons. The fraction of sp³-hybridized carbons (Fsp3) is 0.176. The highest BCUT2D eigenvalue weighted by molar-refractivity contribution is 6.30. The first kappa shape index (κ1) is 16.0. The minimum atomic E-state index is -1.34. The molecule has 0 spiro atoms. The molecule has 2 rings (SSSR count). The minimum absolute atomic E-state index is 0.168. The largest absolute Gasteiger partial charge is 0.470 e. The van der Waals surface area contributed by atoms with Crippen LogP contribution in [0.5, 0.6) is 5.75 Å². The number of hydrogen-bond acceptors (Lipinski definition) is 4. The number of ether oxygens (including phenoxy) is 2. The maximum atomic E-state index is 12.5. The molecular formula is C17H15ClO4. The number of benzene rings is 2. The van der Waals surface area contributed by atoms with Gasteiger partial charge in [-0.3, -0.25) is 4.79 Å². The van der Waals surface area contributed by atoms with Gasteiger partial charge < -0.3 is 9.47 Å². The second kappa shape index (κ2) is 7.61. The highest BCUT2D eigenvalue weighted by Crippen LogP contribution is 2.19. The lowest BCUT2D eigenvalue weighted by Gasteiger charge is -2.16. The van der Waals surface area contributed by atoms with Gasteiger partial charge >= 0.3 is 5.97 Å². The molecule has 2 aromatic carbocycles. The molecule has 114 valence electrons. The van der Waals surface area contributed by atoms with Gasteiger partial charge in [-0.25, -0.2) is 4.79 Å². The second-order valence-electron chi connectivity index (χ2n) is 4.43. The topological polar surface area (TPSA) is 52.6 Å². The highest BCUT2D eigenvalue weighted by atomic mass is 35.5. The SMILES string of the molecule is CCOC(=O)C(Oc1ccc(Cl)cc1)C(=O)c1ccccc1. The van der Waals surface area contributed by atoms with E-state index in [0.29, 0.717) is 16.3 Å². The zero-order valence-corrected chi connectivity index (χ0v) is 12.7. The summed E-state index contributed by atoms with van der Waals surface area (Å²) >= 11 is 5.80. The fourth-order valence-electron chi connectivity index (χ4n) is 1.83. The number of carbonyl (C=O) groups excluding carboxylic acids is 2. The molecule has 0 fully saturated rings. The Bertz CT molecular complexity index is 637. The van der Waals surface area contributed by atoms with Crippen molar-refractivity contribution in [1.29, 1.82) is 0 Å². The summed E-state index contributed by atoms with van der Waals surface area (Å²) < 4.78 is 10.4. The van der Waals surface area contributed by atoms with Gasteiger partial charge in [0.05, 0.1) is 6.61 Å². The number of halogens is 1. The molecule has 0 bridgehead atoms. The van der Waals surface area contributed by atoms with Crippen LogP contribution < -0.4 is 4.74 Å². The van der Waals surface area contributed by atoms with Crippen LogP contribution in [0.1, 0.15) is 17.3 Å². The Morgan fingerprint density at radius 1 is 1.05 bits per heavy atom. The first-order chi connectivity index (χ1) is 10.6. The van der Waals surface area contributed by atoms with Gasteiger partial charge in [-0.15, -0.1) is 0 Å². The molecule has 22 heavy (non-hydrogen) atoms. The Hall–Kier alpha value is -2.33. The highest BCUT2D eigenvalue weighted by Gasteiger charge is 2.31. The summed E-state index contributed by atoms with van der Waals surface area (Å²) in [4.78, 5) is 24.5. The molecule has 0 amide bonds. The summed E-state index contributed by atoms with van der Waals surface area (Å²) in [5, 5.41) is 0.537. The third kappa shape index (κ3) is 4.09. The second-order valence-corrected chi connectivity index (χ2v) is 4.87. The van der Waals surface area contributed by atoms with E-state index in [4.69, 9.17) is 21.1 Å². The summed E-state index contributed by atoms with van der Waals surface area (Å²) in [7, 11) is 0. The summed E-state index contributed by atoms with van der Waals surface area (Å²) in [6.07, 6.45) is -1.34. The number of esters is 1. The standard InChI is InChI=1S/C17H15ClO4/c1-2-21-17(20)16(15(19)12-6-4-3-5-7-12)22-14-10-8-13(18)9-11-14/h3-11,16H,2H2,1H3. The Balaban J connectivity index is 2.24. The molecule has 1 atom stereocenters. The van der Waals surface area contributed by atoms with E-state index in [0.717, 1.165) is 0 Å². The lowest BCUT2D eigenvalue weighted by molar-refractivity contribution is -0.149. The van der Waals surface area contributed by atoms with E-state index in [1.54, 1.807) is 61.5 Å². The molecule has 0 saturated carbocycles. The monoisotopic (exact) mass is 318 g/mol. The van der Waals surface area contributed by atoms with Crippen molar-refractivity contribution in [2.24, 2.45) is 0 Å². The lowest BCUT2D eigenvalue weighted by Crippen LogP contribution is -2.37. The summed E-state index contributed by atoms with van der Waals surface area (Å²) in [5.41, 5.74) is 0.384. The lowest BCUT2D eigenvalue weighted by atomic mass is 10.1. The van der Waals surface area contributed by atoms with Crippen molar-refractivity contribution < 1.29 is 19.1 Å². The maximum absolute atomic E-state index is 12.5. The molecule has 5 heteroatoms. The van der Waals surface area contributed by atoms with E-state index in [1.165, 1.54) is 0 Å². The van der Waals surface area contributed by atoms with Crippen LogP contribution in [0.2, 0.25) is 5.02 Å². The number of rotatable bonds is 6. The Morgan fingerprint density at radius 2 is 1.68 bits per heavy atom. The van der Waals surface area contributed by atoms with Gasteiger partial charge in [-0.05, 0) is 31.2 Å². The zero-order valence-electron chi connectivity index (χ0n) is 12.0.